The number of amides is 1. The zero-order chi connectivity index (χ0) is 22.6. The van der Waals surface area contributed by atoms with Crippen molar-refractivity contribution < 1.29 is 13.2 Å². The number of hydrogen-bond donors (Lipinski definition) is 1. The Bertz CT molecular complexity index is 1010. The first-order valence-corrected chi connectivity index (χ1v) is 13.1. The molecule has 0 radical (unpaired) electrons. The first kappa shape index (κ1) is 23.6. The number of aromatic nitrogens is 2. The fourth-order valence-corrected chi connectivity index (χ4v) is 5.87. The number of hydrogen-bond acceptors (Lipinski definition) is 7. The molecule has 0 aliphatic carbocycles. The number of benzene rings is 1. The average molecular weight is 466 g/mol. The van der Waals surface area contributed by atoms with Gasteiger partial charge in [-0.1, -0.05) is 39.0 Å². The number of anilines is 2. The highest BCUT2D eigenvalue weighted by atomic mass is 32.2. The number of rotatable bonds is 8. The minimum atomic E-state index is -3.68. The summed E-state index contributed by atoms with van der Waals surface area (Å²) in [6, 6.07) is 4.87. The molecule has 170 valence electrons. The molecule has 3 rings (SSSR count). The predicted molar refractivity (Wildman–Crippen MR) is 124 cm³/mol. The van der Waals surface area contributed by atoms with E-state index in [4.69, 9.17) is 0 Å². The van der Waals surface area contributed by atoms with Crippen LogP contribution in [0.5, 0.6) is 0 Å². The SMILES string of the molecule is CCc1nnc(NC(=O)c2cc(S(=O)(=O)N(CC)CC)ccc2N2CCC(C)CC2)s1. The van der Waals surface area contributed by atoms with Crippen molar-refractivity contribution in [2.24, 2.45) is 5.92 Å². The number of carbonyl (C=O) groups excluding carboxylic acids is 1. The van der Waals surface area contributed by atoms with Gasteiger partial charge in [0.2, 0.25) is 15.2 Å². The Balaban J connectivity index is 1.99. The van der Waals surface area contributed by atoms with Gasteiger partial charge in [-0.05, 0) is 43.4 Å². The Morgan fingerprint density at radius 2 is 1.87 bits per heavy atom. The van der Waals surface area contributed by atoms with Gasteiger partial charge in [-0.25, -0.2) is 8.42 Å². The van der Waals surface area contributed by atoms with Crippen LogP contribution in [0.2, 0.25) is 0 Å². The molecule has 1 N–H and O–H groups in total. The van der Waals surface area contributed by atoms with Crippen LogP contribution in [0.1, 0.15) is 55.9 Å². The van der Waals surface area contributed by atoms with Gasteiger partial charge in [0.05, 0.1) is 10.5 Å². The molecule has 1 aliphatic heterocycles. The molecule has 0 unspecified atom stereocenters. The van der Waals surface area contributed by atoms with E-state index in [1.165, 1.54) is 21.7 Å². The van der Waals surface area contributed by atoms with Crippen LogP contribution >= 0.6 is 11.3 Å². The van der Waals surface area contributed by atoms with E-state index in [0.29, 0.717) is 29.7 Å². The summed E-state index contributed by atoms with van der Waals surface area (Å²) in [7, 11) is -3.68. The lowest BCUT2D eigenvalue weighted by Crippen LogP contribution is -2.35. The molecule has 10 heteroatoms. The molecule has 8 nitrogen and oxygen atoms in total. The molecule has 1 saturated heterocycles. The van der Waals surface area contributed by atoms with Gasteiger partial charge in [0.1, 0.15) is 5.01 Å². The molecule has 0 spiro atoms. The van der Waals surface area contributed by atoms with Gasteiger partial charge in [0.15, 0.2) is 0 Å². The zero-order valence-corrected chi connectivity index (χ0v) is 20.2. The molecular weight excluding hydrogens is 434 g/mol. The van der Waals surface area contributed by atoms with Crippen LogP contribution in [-0.2, 0) is 16.4 Å². The van der Waals surface area contributed by atoms with Crippen LogP contribution in [0.4, 0.5) is 10.8 Å². The summed E-state index contributed by atoms with van der Waals surface area (Å²) in [5.41, 5.74) is 1.10. The van der Waals surface area contributed by atoms with Crippen molar-refractivity contribution in [3.8, 4) is 0 Å². The molecule has 0 saturated carbocycles. The average Bonchev–Trinajstić information content (AvgIpc) is 3.22. The standard InChI is InChI=1S/C21H31N5O3S2/c1-5-19-23-24-21(30-19)22-20(27)17-14-16(31(28,29)26(6-2)7-3)8-9-18(17)25-12-10-15(4)11-13-25/h8-9,14-15H,5-7,10-13H2,1-4H3,(H,22,24,27). The fourth-order valence-electron chi connectivity index (χ4n) is 3.71. The van der Waals surface area contributed by atoms with Gasteiger partial charge in [0.25, 0.3) is 5.91 Å². The van der Waals surface area contributed by atoms with Gasteiger partial charge in [-0.3, -0.25) is 10.1 Å². The molecule has 0 bridgehead atoms. The summed E-state index contributed by atoms with van der Waals surface area (Å²) in [6.45, 7) is 10.2. The monoisotopic (exact) mass is 465 g/mol. The highest BCUT2D eigenvalue weighted by Gasteiger charge is 2.27. The van der Waals surface area contributed by atoms with Crippen molar-refractivity contribution in [1.29, 1.82) is 0 Å². The number of nitrogens with zero attached hydrogens (tertiary/aromatic N) is 4. The van der Waals surface area contributed by atoms with Crippen molar-refractivity contribution in [3.63, 3.8) is 0 Å². The Morgan fingerprint density at radius 1 is 1.19 bits per heavy atom. The molecule has 31 heavy (non-hydrogen) atoms. The summed E-state index contributed by atoms with van der Waals surface area (Å²) in [6.07, 6.45) is 2.82. The van der Waals surface area contributed by atoms with Crippen molar-refractivity contribution >= 4 is 38.1 Å². The Labute approximate surface area is 188 Å². The van der Waals surface area contributed by atoms with Gasteiger partial charge in [-0.2, -0.15) is 4.31 Å². The first-order chi connectivity index (χ1) is 14.8. The largest absolute Gasteiger partial charge is 0.371 e. The Kier molecular flexibility index (Phi) is 7.66. The van der Waals surface area contributed by atoms with Crippen molar-refractivity contribution in [1.82, 2.24) is 14.5 Å². The molecule has 2 aromatic rings. The van der Waals surface area contributed by atoms with Crippen LogP contribution in [-0.4, -0.2) is 55.0 Å². The minimum absolute atomic E-state index is 0.127. The van der Waals surface area contributed by atoms with Crippen LogP contribution in [0.15, 0.2) is 23.1 Å². The van der Waals surface area contributed by atoms with Crippen LogP contribution in [0, 0.1) is 5.92 Å². The van der Waals surface area contributed by atoms with E-state index in [-0.39, 0.29) is 10.8 Å². The van der Waals surface area contributed by atoms with Gasteiger partial charge in [0, 0.05) is 31.9 Å². The van der Waals surface area contributed by atoms with E-state index in [9.17, 15) is 13.2 Å². The van der Waals surface area contributed by atoms with E-state index in [2.05, 4.69) is 27.3 Å². The number of nitrogens with one attached hydrogen (secondary N) is 1. The van der Waals surface area contributed by atoms with Gasteiger partial charge in [-0.15, -0.1) is 10.2 Å². The molecule has 1 aromatic carbocycles. The molecule has 1 aromatic heterocycles. The van der Waals surface area contributed by atoms with Gasteiger partial charge >= 0.3 is 0 Å². The third-order valence-corrected chi connectivity index (χ3v) is 8.70. The first-order valence-electron chi connectivity index (χ1n) is 10.8. The smallest absolute Gasteiger partial charge is 0.259 e. The summed E-state index contributed by atoms with van der Waals surface area (Å²) < 4.78 is 27.5. The van der Waals surface area contributed by atoms with Crippen molar-refractivity contribution in [2.45, 2.75) is 51.9 Å². The van der Waals surface area contributed by atoms with Crippen LogP contribution < -0.4 is 10.2 Å². The second-order valence-corrected chi connectivity index (χ2v) is 10.7. The fraction of sp³-hybridized carbons (Fsp3) is 0.571. The molecule has 1 amide bonds. The normalized spacial score (nSPS) is 15.5. The molecule has 0 atom stereocenters. The zero-order valence-electron chi connectivity index (χ0n) is 18.6. The summed E-state index contributed by atoms with van der Waals surface area (Å²) >= 11 is 1.33. The number of aryl methyl sites for hydroxylation is 1. The number of sulfonamides is 1. The quantitative estimate of drug-likeness (QED) is 0.640. The van der Waals surface area contributed by atoms with E-state index in [1.807, 2.05) is 6.92 Å². The highest BCUT2D eigenvalue weighted by molar-refractivity contribution is 7.89. The number of carbonyl (C=O) groups is 1. The van der Waals surface area contributed by atoms with E-state index in [1.54, 1.807) is 26.0 Å². The lowest BCUT2D eigenvalue weighted by atomic mass is 9.98. The predicted octanol–water partition coefficient (Wildman–Crippen LogP) is 3.62. The molecule has 1 fully saturated rings. The number of piperidine rings is 1. The Morgan fingerprint density at radius 3 is 2.45 bits per heavy atom. The topological polar surface area (TPSA) is 95.5 Å². The lowest BCUT2D eigenvalue weighted by Gasteiger charge is -2.33. The summed E-state index contributed by atoms with van der Waals surface area (Å²) in [5.74, 6) is 0.272. The molecular formula is C21H31N5O3S2. The lowest BCUT2D eigenvalue weighted by molar-refractivity contribution is 0.102. The third kappa shape index (κ3) is 5.24. The van der Waals surface area contributed by atoms with E-state index < -0.39 is 10.0 Å². The van der Waals surface area contributed by atoms with Crippen molar-refractivity contribution in [3.05, 3.63) is 28.8 Å². The summed E-state index contributed by atoms with van der Waals surface area (Å²) in [5, 5.41) is 12.1. The second kappa shape index (κ2) is 10.1. The van der Waals surface area contributed by atoms with Crippen LogP contribution in [0.3, 0.4) is 0 Å². The summed E-state index contributed by atoms with van der Waals surface area (Å²) in [4.78, 5) is 15.5. The van der Waals surface area contributed by atoms with E-state index >= 15 is 0 Å². The highest BCUT2D eigenvalue weighted by Crippen LogP contribution is 2.30. The maximum Gasteiger partial charge on any atom is 0.259 e. The van der Waals surface area contributed by atoms with E-state index in [0.717, 1.165) is 43.0 Å². The molecule has 2 heterocycles. The third-order valence-electron chi connectivity index (χ3n) is 5.67. The maximum atomic E-state index is 13.2. The van der Waals surface area contributed by atoms with Crippen molar-refractivity contribution in [2.75, 3.05) is 36.4 Å². The van der Waals surface area contributed by atoms with Gasteiger partial charge < -0.3 is 4.90 Å². The second-order valence-electron chi connectivity index (χ2n) is 7.75. The molecule has 1 aliphatic rings. The maximum absolute atomic E-state index is 13.2. The van der Waals surface area contributed by atoms with Crippen LogP contribution in [0.25, 0.3) is 0 Å². The minimum Gasteiger partial charge on any atom is -0.371 e. The Hall–Kier alpha value is -2.04.